The van der Waals surface area contributed by atoms with Crippen LogP contribution in [0.4, 0.5) is 5.69 Å². The van der Waals surface area contributed by atoms with Crippen LogP contribution in [-0.2, 0) is 0 Å². The van der Waals surface area contributed by atoms with Gasteiger partial charge in [0.1, 0.15) is 6.07 Å². The minimum Gasteiger partial charge on any atom is -0.370 e. The average Bonchev–Trinajstić information content (AvgIpc) is 2.39. The van der Waals surface area contributed by atoms with Crippen molar-refractivity contribution in [1.29, 1.82) is 5.26 Å². The van der Waals surface area contributed by atoms with E-state index in [2.05, 4.69) is 36.2 Å². The fourth-order valence-electron chi connectivity index (χ4n) is 2.60. The predicted octanol–water partition coefficient (Wildman–Crippen LogP) is 2.53. The van der Waals surface area contributed by atoms with Gasteiger partial charge in [-0.05, 0) is 25.0 Å². The SMILES string of the molecule is CC(C)NC1CCN(c2ccccc2C#N)CC1. The van der Waals surface area contributed by atoms with E-state index >= 15 is 0 Å². The van der Waals surface area contributed by atoms with E-state index in [4.69, 9.17) is 5.26 Å². The van der Waals surface area contributed by atoms with Crippen molar-refractivity contribution in [3.63, 3.8) is 0 Å². The molecule has 0 atom stereocenters. The number of rotatable bonds is 3. The smallest absolute Gasteiger partial charge is 0.101 e. The van der Waals surface area contributed by atoms with Gasteiger partial charge in [0.25, 0.3) is 0 Å². The van der Waals surface area contributed by atoms with Gasteiger partial charge >= 0.3 is 0 Å². The van der Waals surface area contributed by atoms with E-state index in [1.54, 1.807) is 0 Å². The molecule has 18 heavy (non-hydrogen) atoms. The third-order valence-corrected chi connectivity index (χ3v) is 3.43. The monoisotopic (exact) mass is 243 g/mol. The normalized spacial score (nSPS) is 16.9. The van der Waals surface area contributed by atoms with E-state index in [9.17, 15) is 0 Å². The first kappa shape index (κ1) is 12.9. The molecule has 0 saturated carbocycles. The quantitative estimate of drug-likeness (QED) is 0.886. The molecule has 0 spiro atoms. The van der Waals surface area contributed by atoms with Crippen molar-refractivity contribution in [3.8, 4) is 6.07 Å². The fourth-order valence-corrected chi connectivity index (χ4v) is 2.60. The number of benzene rings is 1. The molecule has 1 saturated heterocycles. The van der Waals surface area contributed by atoms with Gasteiger partial charge < -0.3 is 10.2 Å². The maximum Gasteiger partial charge on any atom is 0.101 e. The summed E-state index contributed by atoms with van der Waals surface area (Å²) < 4.78 is 0. The van der Waals surface area contributed by atoms with Crippen molar-refractivity contribution in [1.82, 2.24) is 5.32 Å². The Morgan fingerprint density at radius 1 is 1.28 bits per heavy atom. The van der Waals surface area contributed by atoms with Gasteiger partial charge in [-0.25, -0.2) is 0 Å². The number of hydrogen-bond acceptors (Lipinski definition) is 3. The van der Waals surface area contributed by atoms with Crippen molar-refractivity contribution in [2.45, 2.75) is 38.8 Å². The van der Waals surface area contributed by atoms with E-state index in [0.717, 1.165) is 37.2 Å². The highest BCUT2D eigenvalue weighted by atomic mass is 15.1. The van der Waals surface area contributed by atoms with Crippen LogP contribution in [-0.4, -0.2) is 25.2 Å². The van der Waals surface area contributed by atoms with Crippen LogP contribution in [0.5, 0.6) is 0 Å². The highest BCUT2D eigenvalue weighted by molar-refractivity contribution is 5.59. The van der Waals surface area contributed by atoms with Crippen LogP contribution >= 0.6 is 0 Å². The molecule has 1 aliphatic rings. The Morgan fingerprint density at radius 3 is 2.56 bits per heavy atom. The van der Waals surface area contributed by atoms with Gasteiger partial charge in [0, 0.05) is 25.2 Å². The number of nitrogens with zero attached hydrogens (tertiary/aromatic N) is 2. The van der Waals surface area contributed by atoms with E-state index < -0.39 is 0 Å². The molecule has 1 heterocycles. The van der Waals surface area contributed by atoms with E-state index in [1.165, 1.54) is 0 Å². The maximum absolute atomic E-state index is 9.13. The summed E-state index contributed by atoms with van der Waals surface area (Å²) in [6.45, 7) is 6.45. The molecule has 2 rings (SSSR count). The Morgan fingerprint density at radius 2 is 1.94 bits per heavy atom. The molecule has 3 heteroatoms. The molecule has 1 fully saturated rings. The second-order valence-electron chi connectivity index (χ2n) is 5.21. The molecule has 0 unspecified atom stereocenters. The van der Waals surface area contributed by atoms with E-state index in [1.807, 2.05) is 18.2 Å². The Bertz CT molecular complexity index is 426. The zero-order chi connectivity index (χ0) is 13.0. The third kappa shape index (κ3) is 3.02. The zero-order valence-corrected chi connectivity index (χ0v) is 11.2. The lowest BCUT2D eigenvalue weighted by molar-refractivity contribution is 0.387. The van der Waals surface area contributed by atoms with Crippen LogP contribution in [0.15, 0.2) is 24.3 Å². The maximum atomic E-state index is 9.13. The summed E-state index contributed by atoms with van der Waals surface area (Å²) in [7, 11) is 0. The molecule has 0 aliphatic carbocycles. The van der Waals surface area contributed by atoms with Crippen molar-refractivity contribution in [2.24, 2.45) is 0 Å². The summed E-state index contributed by atoms with van der Waals surface area (Å²) in [5, 5.41) is 12.7. The van der Waals surface area contributed by atoms with Gasteiger partial charge in [-0.2, -0.15) is 5.26 Å². The first-order chi connectivity index (χ1) is 8.70. The lowest BCUT2D eigenvalue weighted by Crippen LogP contribution is -2.44. The molecule has 1 N–H and O–H groups in total. The molecule has 1 aromatic carbocycles. The molecule has 0 aromatic heterocycles. The van der Waals surface area contributed by atoms with Gasteiger partial charge in [-0.15, -0.1) is 0 Å². The van der Waals surface area contributed by atoms with Crippen molar-refractivity contribution in [2.75, 3.05) is 18.0 Å². The highest BCUT2D eigenvalue weighted by Gasteiger charge is 2.20. The van der Waals surface area contributed by atoms with Crippen LogP contribution in [0.1, 0.15) is 32.3 Å². The van der Waals surface area contributed by atoms with Crippen LogP contribution in [0.3, 0.4) is 0 Å². The first-order valence-corrected chi connectivity index (χ1v) is 6.71. The Labute approximate surface area is 109 Å². The van der Waals surface area contributed by atoms with Crippen LogP contribution in [0.25, 0.3) is 0 Å². The molecule has 0 bridgehead atoms. The second kappa shape index (κ2) is 5.88. The van der Waals surface area contributed by atoms with E-state index in [-0.39, 0.29) is 0 Å². The number of nitriles is 1. The van der Waals surface area contributed by atoms with Gasteiger partial charge in [-0.1, -0.05) is 26.0 Å². The van der Waals surface area contributed by atoms with Crippen molar-refractivity contribution in [3.05, 3.63) is 29.8 Å². The summed E-state index contributed by atoms with van der Waals surface area (Å²) in [5.74, 6) is 0. The first-order valence-electron chi connectivity index (χ1n) is 6.71. The minimum absolute atomic E-state index is 0.549. The third-order valence-electron chi connectivity index (χ3n) is 3.43. The summed E-state index contributed by atoms with van der Waals surface area (Å²) in [4.78, 5) is 2.33. The number of hydrogen-bond donors (Lipinski definition) is 1. The van der Waals surface area contributed by atoms with Crippen LogP contribution in [0, 0.1) is 11.3 Å². The molecule has 0 amide bonds. The molecular weight excluding hydrogens is 222 g/mol. The van der Waals surface area contributed by atoms with Gasteiger partial charge in [0.2, 0.25) is 0 Å². The minimum atomic E-state index is 0.549. The number of nitrogens with one attached hydrogen (secondary N) is 1. The summed E-state index contributed by atoms with van der Waals surface area (Å²) in [6.07, 6.45) is 2.30. The molecule has 96 valence electrons. The molecule has 3 nitrogen and oxygen atoms in total. The van der Waals surface area contributed by atoms with E-state index in [0.29, 0.717) is 12.1 Å². The lowest BCUT2D eigenvalue weighted by Gasteiger charge is -2.35. The molecule has 1 aliphatic heterocycles. The average molecular weight is 243 g/mol. The molecular formula is C15H21N3. The molecule has 0 radical (unpaired) electrons. The lowest BCUT2D eigenvalue weighted by atomic mass is 10.0. The molecule has 1 aromatic rings. The second-order valence-corrected chi connectivity index (χ2v) is 5.21. The summed E-state index contributed by atoms with van der Waals surface area (Å²) in [6, 6.07) is 11.3. The Hall–Kier alpha value is -1.53. The standard InChI is InChI=1S/C15H21N3/c1-12(2)17-14-7-9-18(10-8-14)15-6-4-3-5-13(15)11-16/h3-6,12,14,17H,7-10H2,1-2H3. The number of anilines is 1. The van der Waals surface area contributed by atoms with Gasteiger partial charge in [0.05, 0.1) is 11.3 Å². The number of piperidine rings is 1. The summed E-state index contributed by atoms with van der Waals surface area (Å²) in [5.41, 5.74) is 1.87. The highest BCUT2D eigenvalue weighted by Crippen LogP contribution is 2.23. The Balaban J connectivity index is 1.99. The summed E-state index contributed by atoms with van der Waals surface area (Å²) >= 11 is 0. The number of para-hydroxylation sites is 1. The van der Waals surface area contributed by atoms with Crippen LogP contribution < -0.4 is 10.2 Å². The fraction of sp³-hybridized carbons (Fsp3) is 0.533. The van der Waals surface area contributed by atoms with Gasteiger partial charge in [-0.3, -0.25) is 0 Å². The zero-order valence-electron chi connectivity index (χ0n) is 11.2. The van der Waals surface area contributed by atoms with Gasteiger partial charge in [0.15, 0.2) is 0 Å². The van der Waals surface area contributed by atoms with Crippen LogP contribution in [0.2, 0.25) is 0 Å². The Kier molecular flexibility index (Phi) is 4.22. The van der Waals surface area contributed by atoms with Crippen molar-refractivity contribution >= 4 is 5.69 Å². The van der Waals surface area contributed by atoms with Crippen molar-refractivity contribution < 1.29 is 0 Å². The topological polar surface area (TPSA) is 39.1 Å². The predicted molar refractivity (Wildman–Crippen MR) is 74.7 cm³/mol. The largest absolute Gasteiger partial charge is 0.370 e.